The molecule has 0 aliphatic carbocycles. The third kappa shape index (κ3) is 6.03. The highest BCUT2D eigenvalue weighted by atomic mass is 16.5. The standard InChI is InChI=1S/C25H31N3O5/c1-5-33-21-9-8-18(14-22(21)32-4)23(29)26-27-24(30)19-7-6-10-28(15-19)25(31)20-12-16(2)11-17(3)13-20/h8-9,11-14,19H,5-7,10,15H2,1-4H3,(H,26,29)(H,27,30). The first kappa shape index (κ1) is 24.1. The van der Waals surface area contributed by atoms with Crippen LogP contribution >= 0.6 is 0 Å². The third-order valence-corrected chi connectivity index (χ3v) is 5.57. The van der Waals surface area contributed by atoms with Crippen molar-refractivity contribution >= 4 is 17.7 Å². The number of hydrogen-bond donors (Lipinski definition) is 2. The van der Waals surface area contributed by atoms with Crippen LogP contribution in [0.15, 0.2) is 36.4 Å². The van der Waals surface area contributed by atoms with E-state index in [1.807, 2.05) is 39.0 Å². The molecule has 176 valence electrons. The molecule has 1 atom stereocenters. The molecule has 1 unspecified atom stereocenters. The highest BCUT2D eigenvalue weighted by Crippen LogP contribution is 2.28. The lowest BCUT2D eigenvalue weighted by atomic mass is 9.96. The lowest BCUT2D eigenvalue weighted by molar-refractivity contribution is -0.127. The summed E-state index contributed by atoms with van der Waals surface area (Å²) in [7, 11) is 1.50. The molecule has 8 heteroatoms. The van der Waals surface area contributed by atoms with Crippen LogP contribution in [0.3, 0.4) is 0 Å². The normalized spacial score (nSPS) is 15.5. The molecule has 2 aromatic carbocycles. The number of ether oxygens (including phenoxy) is 2. The van der Waals surface area contributed by atoms with Gasteiger partial charge in [-0.2, -0.15) is 0 Å². The van der Waals surface area contributed by atoms with Crippen molar-refractivity contribution in [2.24, 2.45) is 5.92 Å². The number of nitrogens with zero attached hydrogens (tertiary/aromatic N) is 1. The van der Waals surface area contributed by atoms with Gasteiger partial charge >= 0.3 is 0 Å². The molecule has 1 heterocycles. The third-order valence-electron chi connectivity index (χ3n) is 5.57. The summed E-state index contributed by atoms with van der Waals surface area (Å²) in [6, 6.07) is 10.6. The minimum absolute atomic E-state index is 0.0789. The van der Waals surface area contributed by atoms with Crippen LogP contribution in [0.5, 0.6) is 11.5 Å². The van der Waals surface area contributed by atoms with E-state index < -0.39 is 11.8 Å². The van der Waals surface area contributed by atoms with E-state index in [9.17, 15) is 14.4 Å². The van der Waals surface area contributed by atoms with E-state index >= 15 is 0 Å². The van der Waals surface area contributed by atoms with Crippen LogP contribution in [0.1, 0.15) is 51.6 Å². The van der Waals surface area contributed by atoms with Gasteiger partial charge in [-0.1, -0.05) is 17.2 Å². The molecule has 1 aliphatic heterocycles. The summed E-state index contributed by atoms with van der Waals surface area (Å²) in [5.74, 6) is -0.295. The zero-order valence-corrected chi connectivity index (χ0v) is 19.6. The number of likely N-dealkylation sites (tertiary alicyclic amines) is 1. The Bertz CT molecular complexity index is 1020. The van der Waals surface area contributed by atoms with Crippen LogP contribution in [0, 0.1) is 19.8 Å². The van der Waals surface area contributed by atoms with Gasteiger partial charge in [0.1, 0.15) is 0 Å². The molecule has 33 heavy (non-hydrogen) atoms. The maximum Gasteiger partial charge on any atom is 0.269 e. The summed E-state index contributed by atoms with van der Waals surface area (Å²) in [5.41, 5.74) is 7.96. The van der Waals surface area contributed by atoms with E-state index in [4.69, 9.17) is 9.47 Å². The quantitative estimate of drug-likeness (QED) is 0.656. The fourth-order valence-corrected chi connectivity index (χ4v) is 4.03. The number of aryl methyl sites for hydroxylation is 2. The van der Waals surface area contributed by atoms with Gasteiger partial charge in [0, 0.05) is 24.2 Å². The Morgan fingerprint density at radius 1 is 1.00 bits per heavy atom. The van der Waals surface area contributed by atoms with Crippen LogP contribution in [-0.4, -0.2) is 49.4 Å². The van der Waals surface area contributed by atoms with Crippen molar-refractivity contribution in [3.05, 3.63) is 58.7 Å². The van der Waals surface area contributed by atoms with Crippen molar-refractivity contribution in [2.45, 2.75) is 33.6 Å². The fraction of sp³-hybridized carbons (Fsp3) is 0.400. The van der Waals surface area contributed by atoms with Crippen LogP contribution in [-0.2, 0) is 4.79 Å². The fourth-order valence-electron chi connectivity index (χ4n) is 4.03. The summed E-state index contributed by atoms with van der Waals surface area (Å²) in [6.45, 7) is 7.16. The number of benzene rings is 2. The molecule has 0 saturated carbocycles. The maximum atomic E-state index is 13.0. The predicted octanol–water partition coefficient (Wildman–Crippen LogP) is 3.02. The van der Waals surface area contributed by atoms with Crippen molar-refractivity contribution in [1.82, 2.24) is 15.8 Å². The molecule has 0 radical (unpaired) electrons. The van der Waals surface area contributed by atoms with Crippen molar-refractivity contribution in [1.29, 1.82) is 0 Å². The first-order chi connectivity index (χ1) is 15.8. The minimum Gasteiger partial charge on any atom is -0.493 e. The van der Waals surface area contributed by atoms with Gasteiger partial charge in [-0.05, 0) is 63.9 Å². The molecule has 3 rings (SSSR count). The Morgan fingerprint density at radius 2 is 1.73 bits per heavy atom. The number of carbonyl (C=O) groups is 3. The van der Waals surface area contributed by atoms with Crippen molar-refractivity contribution in [3.8, 4) is 11.5 Å². The summed E-state index contributed by atoms with van der Waals surface area (Å²) < 4.78 is 10.7. The Hall–Kier alpha value is -3.55. The van der Waals surface area contributed by atoms with Gasteiger partial charge in [0.05, 0.1) is 19.6 Å². The van der Waals surface area contributed by atoms with Crippen LogP contribution < -0.4 is 20.3 Å². The van der Waals surface area contributed by atoms with E-state index in [1.165, 1.54) is 7.11 Å². The zero-order chi connectivity index (χ0) is 24.0. The molecule has 2 aromatic rings. The van der Waals surface area contributed by atoms with Gasteiger partial charge in [0.15, 0.2) is 11.5 Å². The summed E-state index contributed by atoms with van der Waals surface area (Å²) in [5, 5.41) is 0. The SMILES string of the molecule is CCOc1ccc(C(=O)NNC(=O)C2CCCN(C(=O)c3cc(C)cc(C)c3)C2)cc1OC. The summed E-state index contributed by atoms with van der Waals surface area (Å²) in [4.78, 5) is 39.9. The first-order valence-corrected chi connectivity index (χ1v) is 11.1. The topological polar surface area (TPSA) is 97.0 Å². The smallest absolute Gasteiger partial charge is 0.269 e. The van der Waals surface area contributed by atoms with Gasteiger partial charge < -0.3 is 14.4 Å². The van der Waals surface area contributed by atoms with Gasteiger partial charge in [-0.15, -0.1) is 0 Å². The second kappa shape index (κ2) is 10.8. The zero-order valence-electron chi connectivity index (χ0n) is 19.6. The molecular formula is C25H31N3O5. The van der Waals surface area contributed by atoms with Crippen LogP contribution in [0.25, 0.3) is 0 Å². The van der Waals surface area contributed by atoms with Crippen molar-refractivity contribution in [3.63, 3.8) is 0 Å². The predicted molar refractivity (Wildman–Crippen MR) is 124 cm³/mol. The second-order valence-electron chi connectivity index (χ2n) is 8.21. The Balaban J connectivity index is 1.59. The van der Waals surface area contributed by atoms with Gasteiger partial charge in [0.2, 0.25) is 5.91 Å². The lowest BCUT2D eigenvalue weighted by Crippen LogP contribution is -2.50. The highest BCUT2D eigenvalue weighted by Gasteiger charge is 2.29. The minimum atomic E-state index is -0.469. The number of piperidine rings is 1. The number of amides is 3. The Morgan fingerprint density at radius 3 is 2.39 bits per heavy atom. The monoisotopic (exact) mass is 453 g/mol. The molecular weight excluding hydrogens is 422 g/mol. The molecule has 3 amide bonds. The maximum absolute atomic E-state index is 13.0. The van der Waals surface area contributed by atoms with E-state index in [2.05, 4.69) is 10.9 Å². The van der Waals surface area contributed by atoms with Crippen molar-refractivity contribution < 1.29 is 23.9 Å². The average molecular weight is 454 g/mol. The number of nitrogens with one attached hydrogen (secondary N) is 2. The molecule has 1 aliphatic rings. The van der Waals surface area contributed by atoms with E-state index in [-0.39, 0.29) is 11.8 Å². The van der Waals surface area contributed by atoms with E-state index in [1.54, 1.807) is 23.1 Å². The van der Waals surface area contributed by atoms with Crippen LogP contribution in [0.2, 0.25) is 0 Å². The Kier molecular flexibility index (Phi) is 7.92. The van der Waals surface area contributed by atoms with Crippen LogP contribution in [0.4, 0.5) is 0 Å². The summed E-state index contributed by atoms with van der Waals surface area (Å²) >= 11 is 0. The van der Waals surface area contributed by atoms with E-state index in [0.29, 0.717) is 48.7 Å². The van der Waals surface area contributed by atoms with E-state index in [0.717, 1.165) is 17.5 Å². The molecule has 1 saturated heterocycles. The number of hydrogen-bond acceptors (Lipinski definition) is 5. The van der Waals surface area contributed by atoms with Crippen molar-refractivity contribution in [2.75, 3.05) is 26.8 Å². The first-order valence-electron chi connectivity index (χ1n) is 11.1. The lowest BCUT2D eigenvalue weighted by Gasteiger charge is -2.32. The highest BCUT2D eigenvalue weighted by molar-refractivity contribution is 5.97. The largest absolute Gasteiger partial charge is 0.493 e. The number of methoxy groups -OCH3 is 1. The van der Waals surface area contributed by atoms with Gasteiger partial charge in [0.25, 0.3) is 11.8 Å². The molecule has 0 aromatic heterocycles. The second-order valence-corrected chi connectivity index (χ2v) is 8.21. The molecule has 8 nitrogen and oxygen atoms in total. The number of rotatable bonds is 6. The summed E-state index contributed by atoms with van der Waals surface area (Å²) in [6.07, 6.45) is 1.37. The molecule has 0 bridgehead atoms. The number of hydrazine groups is 1. The molecule has 2 N–H and O–H groups in total. The molecule has 0 spiro atoms. The number of carbonyl (C=O) groups excluding carboxylic acids is 3. The molecule has 1 fully saturated rings. The Labute approximate surface area is 194 Å². The van der Waals surface area contributed by atoms with Gasteiger partial charge in [-0.25, -0.2) is 0 Å². The van der Waals surface area contributed by atoms with Gasteiger partial charge in [-0.3, -0.25) is 25.2 Å². The average Bonchev–Trinajstić information content (AvgIpc) is 2.81.